The Bertz CT molecular complexity index is 546. The summed E-state index contributed by atoms with van der Waals surface area (Å²) in [6.07, 6.45) is 0. The van der Waals surface area contributed by atoms with Crippen LogP contribution in [0.25, 0.3) is 0 Å². The highest BCUT2D eigenvalue weighted by Crippen LogP contribution is 2.18. The van der Waals surface area contributed by atoms with E-state index in [4.69, 9.17) is 18.0 Å². The van der Waals surface area contributed by atoms with Crippen LogP contribution in [-0.4, -0.2) is 16.7 Å². The Morgan fingerprint density at radius 2 is 2.00 bits per heavy atom. The van der Waals surface area contributed by atoms with Crippen LogP contribution in [0.15, 0.2) is 29.4 Å². The molecule has 1 rings (SSSR count). The Labute approximate surface area is 124 Å². The first kappa shape index (κ1) is 16.1. The zero-order chi connectivity index (χ0) is 15.3. The number of hydrogen-bond donors (Lipinski definition) is 3. The summed E-state index contributed by atoms with van der Waals surface area (Å²) in [5, 5.41) is 7.04. The van der Waals surface area contributed by atoms with E-state index < -0.39 is 5.41 Å². The minimum atomic E-state index is -0.438. The van der Waals surface area contributed by atoms with E-state index in [1.54, 1.807) is 0 Å². The maximum atomic E-state index is 11.9. The molecule has 0 unspecified atom stereocenters. The standard InChI is InChI=1S/C14H20N4OS/c1-9(17-18-13(15)20)10-6-5-7-11(8-10)16-12(19)14(2,3)4/h5-8H,1-4H3,(H,16,19)(H3,15,18,20). The number of thiocarbonyl (C=S) groups is 1. The average molecular weight is 292 g/mol. The van der Waals surface area contributed by atoms with E-state index in [0.717, 1.165) is 17.0 Å². The van der Waals surface area contributed by atoms with Crippen LogP contribution in [0.5, 0.6) is 0 Å². The average Bonchev–Trinajstić information content (AvgIpc) is 2.35. The van der Waals surface area contributed by atoms with Gasteiger partial charge in [0.25, 0.3) is 0 Å². The molecule has 0 spiro atoms. The topological polar surface area (TPSA) is 79.5 Å². The van der Waals surface area contributed by atoms with Gasteiger partial charge in [-0.2, -0.15) is 5.10 Å². The van der Waals surface area contributed by atoms with E-state index in [-0.39, 0.29) is 11.0 Å². The van der Waals surface area contributed by atoms with Crippen molar-refractivity contribution in [3.05, 3.63) is 29.8 Å². The summed E-state index contributed by atoms with van der Waals surface area (Å²) in [6, 6.07) is 7.44. The number of hydrazone groups is 1. The molecule has 0 atom stereocenters. The summed E-state index contributed by atoms with van der Waals surface area (Å²) < 4.78 is 0. The Hall–Kier alpha value is -1.95. The number of nitrogens with zero attached hydrogens (tertiary/aromatic N) is 1. The fourth-order valence-corrected chi connectivity index (χ4v) is 1.39. The van der Waals surface area contributed by atoms with Gasteiger partial charge in [0.1, 0.15) is 0 Å². The second-order valence-corrected chi connectivity index (χ2v) is 5.90. The van der Waals surface area contributed by atoms with Crippen molar-refractivity contribution in [1.82, 2.24) is 5.43 Å². The maximum absolute atomic E-state index is 11.9. The Balaban J connectivity index is 2.88. The fraction of sp³-hybridized carbons (Fsp3) is 0.357. The Kier molecular flexibility index (Phi) is 5.21. The molecule has 0 aromatic heterocycles. The van der Waals surface area contributed by atoms with E-state index in [9.17, 15) is 4.79 Å². The van der Waals surface area contributed by atoms with Gasteiger partial charge in [-0.1, -0.05) is 32.9 Å². The monoisotopic (exact) mass is 292 g/mol. The summed E-state index contributed by atoms with van der Waals surface area (Å²) in [4.78, 5) is 11.9. The summed E-state index contributed by atoms with van der Waals surface area (Å²) >= 11 is 4.69. The predicted octanol–water partition coefficient (Wildman–Crippen LogP) is 2.23. The molecular weight excluding hydrogens is 272 g/mol. The smallest absolute Gasteiger partial charge is 0.229 e. The first-order chi connectivity index (χ1) is 9.20. The van der Waals surface area contributed by atoms with Gasteiger partial charge in [0.2, 0.25) is 5.91 Å². The first-order valence-electron chi connectivity index (χ1n) is 6.22. The molecule has 0 aliphatic heterocycles. The van der Waals surface area contributed by atoms with Gasteiger partial charge in [-0.05, 0) is 36.8 Å². The van der Waals surface area contributed by atoms with Crippen LogP contribution in [0, 0.1) is 5.41 Å². The first-order valence-corrected chi connectivity index (χ1v) is 6.62. The molecule has 108 valence electrons. The predicted molar refractivity (Wildman–Crippen MR) is 86.7 cm³/mol. The second kappa shape index (κ2) is 6.47. The second-order valence-electron chi connectivity index (χ2n) is 5.46. The van der Waals surface area contributed by atoms with E-state index in [1.165, 1.54) is 0 Å². The lowest BCUT2D eigenvalue weighted by atomic mass is 9.95. The summed E-state index contributed by atoms with van der Waals surface area (Å²) in [7, 11) is 0. The third-order valence-corrected chi connectivity index (χ3v) is 2.64. The number of carbonyl (C=O) groups is 1. The summed E-state index contributed by atoms with van der Waals surface area (Å²) in [5.74, 6) is -0.0366. The lowest BCUT2D eigenvalue weighted by Crippen LogP contribution is -2.27. The van der Waals surface area contributed by atoms with Gasteiger partial charge in [-0.3, -0.25) is 10.2 Å². The largest absolute Gasteiger partial charge is 0.375 e. The minimum absolute atomic E-state index is 0.0366. The Morgan fingerprint density at radius 3 is 2.55 bits per heavy atom. The van der Waals surface area contributed by atoms with Gasteiger partial charge in [-0.15, -0.1) is 0 Å². The van der Waals surface area contributed by atoms with Crippen molar-refractivity contribution in [2.24, 2.45) is 16.3 Å². The number of nitrogens with one attached hydrogen (secondary N) is 2. The van der Waals surface area contributed by atoms with Gasteiger partial charge >= 0.3 is 0 Å². The van der Waals surface area contributed by atoms with Crippen molar-refractivity contribution >= 4 is 34.6 Å². The van der Waals surface area contributed by atoms with Crippen LogP contribution in [0.3, 0.4) is 0 Å². The molecule has 1 aromatic rings. The molecule has 0 aliphatic carbocycles. The highest BCUT2D eigenvalue weighted by molar-refractivity contribution is 7.80. The SMILES string of the molecule is CC(=NNC(N)=S)c1cccc(NC(=O)C(C)(C)C)c1. The van der Waals surface area contributed by atoms with Crippen molar-refractivity contribution in [1.29, 1.82) is 0 Å². The van der Waals surface area contributed by atoms with Gasteiger partial charge in [0, 0.05) is 11.1 Å². The van der Waals surface area contributed by atoms with Gasteiger partial charge in [-0.25, -0.2) is 0 Å². The highest BCUT2D eigenvalue weighted by atomic mass is 32.1. The molecule has 0 heterocycles. The molecule has 5 nitrogen and oxygen atoms in total. The molecule has 1 amide bonds. The molecule has 0 aliphatic rings. The van der Waals surface area contributed by atoms with E-state index in [1.807, 2.05) is 52.0 Å². The number of benzene rings is 1. The lowest BCUT2D eigenvalue weighted by molar-refractivity contribution is -0.123. The number of amides is 1. The Morgan fingerprint density at radius 1 is 1.35 bits per heavy atom. The molecule has 6 heteroatoms. The van der Waals surface area contributed by atoms with Crippen molar-refractivity contribution in [3.8, 4) is 0 Å². The van der Waals surface area contributed by atoms with Gasteiger partial charge in [0.15, 0.2) is 5.11 Å². The van der Waals surface area contributed by atoms with Gasteiger partial charge in [0.05, 0.1) is 5.71 Å². The van der Waals surface area contributed by atoms with E-state index in [2.05, 4.69) is 15.8 Å². The number of nitrogens with two attached hydrogens (primary N) is 1. The normalized spacial score (nSPS) is 11.9. The van der Waals surface area contributed by atoms with Crippen LogP contribution in [0.2, 0.25) is 0 Å². The molecule has 1 aromatic carbocycles. The van der Waals surface area contributed by atoms with Crippen molar-refractivity contribution in [3.63, 3.8) is 0 Å². The van der Waals surface area contributed by atoms with Crippen LogP contribution >= 0.6 is 12.2 Å². The van der Waals surface area contributed by atoms with Gasteiger partial charge < -0.3 is 11.1 Å². The van der Waals surface area contributed by atoms with E-state index in [0.29, 0.717) is 0 Å². The molecular formula is C14H20N4OS. The third-order valence-electron chi connectivity index (χ3n) is 2.55. The number of hydrogen-bond acceptors (Lipinski definition) is 3. The number of anilines is 1. The fourth-order valence-electron chi connectivity index (χ4n) is 1.34. The molecule has 4 N–H and O–H groups in total. The number of carbonyl (C=O) groups excluding carboxylic acids is 1. The third kappa shape index (κ3) is 4.97. The van der Waals surface area contributed by atoms with Crippen molar-refractivity contribution in [2.45, 2.75) is 27.7 Å². The summed E-state index contributed by atoms with van der Waals surface area (Å²) in [5.41, 5.74) is 9.75. The molecule has 0 saturated heterocycles. The molecule has 0 radical (unpaired) electrons. The quantitative estimate of drug-likeness (QED) is 0.453. The van der Waals surface area contributed by atoms with Crippen LogP contribution < -0.4 is 16.5 Å². The van der Waals surface area contributed by atoms with E-state index >= 15 is 0 Å². The van der Waals surface area contributed by atoms with Crippen LogP contribution in [-0.2, 0) is 4.79 Å². The molecule has 0 saturated carbocycles. The number of rotatable bonds is 3. The van der Waals surface area contributed by atoms with Crippen LogP contribution in [0.4, 0.5) is 5.69 Å². The van der Waals surface area contributed by atoms with Crippen molar-refractivity contribution < 1.29 is 4.79 Å². The maximum Gasteiger partial charge on any atom is 0.229 e. The highest BCUT2D eigenvalue weighted by Gasteiger charge is 2.21. The molecule has 0 bridgehead atoms. The molecule has 20 heavy (non-hydrogen) atoms. The van der Waals surface area contributed by atoms with Crippen molar-refractivity contribution in [2.75, 3.05) is 5.32 Å². The minimum Gasteiger partial charge on any atom is -0.375 e. The molecule has 0 fully saturated rings. The zero-order valence-electron chi connectivity index (χ0n) is 12.2. The lowest BCUT2D eigenvalue weighted by Gasteiger charge is -2.18. The van der Waals surface area contributed by atoms with Crippen LogP contribution in [0.1, 0.15) is 33.3 Å². The zero-order valence-corrected chi connectivity index (χ0v) is 13.0. The summed E-state index contributed by atoms with van der Waals surface area (Å²) in [6.45, 7) is 7.43.